The molecule has 2 amide bonds. The monoisotopic (exact) mass is 473 g/mol. The van der Waals surface area contributed by atoms with Gasteiger partial charge in [-0.25, -0.2) is 0 Å². The van der Waals surface area contributed by atoms with Crippen LogP contribution in [0.3, 0.4) is 0 Å². The number of aromatic nitrogens is 1. The molecule has 1 fully saturated rings. The second-order valence-electron chi connectivity index (χ2n) is 8.88. The van der Waals surface area contributed by atoms with Crippen molar-refractivity contribution in [2.24, 2.45) is 0 Å². The van der Waals surface area contributed by atoms with Crippen molar-refractivity contribution in [3.8, 4) is 6.07 Å². The number of rotatable bonds is 7. The van der Waals surface area contributed by atoms with Crippen LogP contribution in [0.2, 0.25) is 0 Å². The normalized spacial score (nSPS) is 14.1. The number of nitriles is 1. The smallest absolute Gasteiger partial charge is 0.253 e. The van der Waals surface area contributed by atoms with Gasteiger partial charge >= 0.3 is 0 Å². The lowest BCUT2D eigenvalue weighted by Gasteiger charge is -2.34. The zero-order chi connectivity index (χ0) is 24.9. The summed E-state index contributed by atoms with van der Waals surface area (Å²) in [4.78, 5) is 29.6. The molecule has 0 atom stereocenters. The van der Waals surface area contributed by atoms with E-state index >= 15 is 0 Å². The summed E-state index contributed by atoms with van der Waals surface area (Å²) in [5, 5.41) is 12.7. The maximum absolute atomic E-state index is 12.9. The maximum Gasteiger partial charge on any atom is 0.253 e. The van der Waals surface area contributed by atoms with Crippen molar-refractivity contribution in [1.29, 1.82) is 5.26 Å². The lowest BCUT2D eigenvalue weighted by Crippen LogP contribution is -2.50. The first-order valence-electron chi connectivity index (χ1n) is 11.9. The first kappa shape index (κ1) is 24.3. The highest BCUT2D eigenvalue weighted by atomic mass is 16.3. The molecule has 1 aromatic carbocycles. The summed E-state index contributed by atoms with van der Waals surface area (Å²) in [6.07, 6.45) is 2.55. The van der Waals surface area contributed by atoms with Crippen molar-refractivity contribution >= 4 is 17.6 Å². The van der Waals surface area contributed by atoms with E-state index < -0.39 is 0 Å². The summed E-state index contributed by atoms with van der Waals surface area (Å²) in [6.45, 7) is 8.89. The molecule has 1 aliphatic heterocycles. The highest BCUT2D eigenvalue weighted by molar-refractivity contribution is 5.95. The standard InChI is InChI=1S/C27H31N5O3/c1-4-21-7-9-22(10-8-21)27(34)31-13-11-30(12-14-31)18-25(33)29-26-24(16-28)19(2)20(3)32(26)17-23-6-5-15-35-23/h5-10,15H,4,11-14,17-18H2,1-3H3,(H,29,33). The van der Waals surface area contributed by atoms with Crippen LogP contribution >= 0.6 is 0 Å². The van der Waals surface area contributed by atoms with Crippen LogP contribution in [0.25, 0.3) is 0 Å². The van der Waals surface area contributed by atoms with Gasteiger partial charge in [0.25, 0.3) is 5.91 Å². The van der Waals surface area contributed by atoms with E-state index in [1.165, 1.54) is 5.56 Å². The van der Waals surface area contributed by atoms with Gasteiger partial charge in [0.1, 0.15) is 17.6 Å². The number of hydrogen-bond donors (Lipinski definition) is 1. The van der Waals surface area contributed by atoms with Crippen molar-refractivity contribution in [2.75, 3.05) is 38.0 Å². The summed E-state index contributed by atoms with van der Waals surface area (Å²) >= 11 is 0. The number of piperazine rings is 1. The summed E-state index contributed by atoms with van der Waals surface area (Å²) in [7, 11) is 0. The van der Waals surface area contributed by atoms with Gasteiger partial charge in [0, 0.05) is 37.4 Å². The van der Waals surface area contributed by atoms with Crippen molar-refractivity contribution in [3.63, 3.8) is 0 Å². The van der Waals surface area contributed by atoms with Crippen LogP contribution < -0.4 is 5.32 Å². The van der Waals surface area contributed by atoms with Crippen LogP contribution in [0.5, 0.6) is 0 Å². The fourth-order valence-corrected chi connectivity index (χ4v) is 4.44. The average Bonchev–Trinajstić information content (AvgIpc) is 3.47. The largest absolute Gasteiger partial charge is 0.467 e. The predicted octanol–water partition coefficient (Wildman–Crippen LogP) is 3.58. The lowest BCUT2D eigenvalue weighted by atomic mass is 10.1. The zero-order valence-corrected chi connectivity index (χ0v) is 20.5. The lowest BCUT2D eigenvalue weighted by molar-refractivity contribution is -0.117. The molecule has 0 bridgehead atoms. The number of carbonyl (C=O) groups is 2. The van der Waals surface area contributed by atoms with E-state index in [-0.39, 0.29) is 18.4 Å². The molecule has 0 spiro atoms. The van der Waals surface area contributed by atoms with Gasteiger partial charge in [-0.1, -0.05) is 19.1 Å². The number of anilines is 1. The van der Waals surface area contributed by atoms with Gasteiger partial charge in [0.2, 0.25) is 5.91 Å². The molecule has 8 nitrogen and oxygen atoms in total. The molecule has 1 N–H and O–H groups in total. The molecule has 8 heteroatoms. The average molecular weight is 474 g/mol. The van der Waals surface area contributed by atoms with Gasteiger partial charge < -0.3 is 19.2 Å². The van der Waals surface area contributed by atoms with E-state index in [0.29, 0.717) is 49.7 Å². The summed E-state index contributed by atoms with van der Waals surface area (Å²) in [5.74, 6) is 1.08. The Morgan fingerprint density at radius 3 is 2.40 bits per heavy atom. The number of carbonyl (C=O) groups excluding carboxylic acids is 2. The Bertz CT molecular complexity index is 1230. The molecule has 3 aromatic rings. The maximum atomic E-state index is 12.9. The van der Waals surface area contributed by atoms with Crippen LogP contribution in [0.4, 0.5) is 5.82 Å². The third kappa shape index (κ3) is 5.31. The second-order valence-corrected chi connectivity index (χ2v) is 8.88. The minimum atomic E-state index is -0.186. The Balaban J connectivity index is 1.37. The third-order valence-electron chi connectivity index (χ3n) is 6.73. The molecule has 35 heavy (non-hydrogen) atoms. The number of benzene rings is 1. The summed E-state index contributed by atoms with van der Waals surface area (Å²) in [5.41, 5.74) is 4.12. The first-order chi connectivity index (χ1) is 16.9. The Morgan fingerprint density at radius 2 is 1.80 bits per heavy atom. The zero-order valence-electron chi connectivity index (χ0n) is 20.5. The molecular formula is C27H31N5O3. The van der Waals surface area contributed by atoms with Crippen LogP contribution in [-0.2, 0) is 17.8 Å². The number of nitrogens with zero attached hydrogens (tertiary/aromatic N) is 4. The number of amides is 2. The van der Waals surface area contributed by atoms with Crippen LogP contribution in [-0.4, -0.2) is 58.9 Å². The Kier molecular flexibility index (Phi) is 7.37. The molecule has 1 saturated heterocycles. The molecule has 2 aromatic heterocycles. The number of nitrogens with one attached hydrogen (secondary N) is 1. The van der Waals surface area contributed by atoms with Gasteiger partial charge in [-0.2, -0.15) is 5.26 Å². The second kappa shape index (κ2) is 10.6. The molecular weight excluding hydrogens is 442 g/mol. The van der Waals surface area contributed by atoms with E-state index in [2.05, 4.69) is 18.3 Å². The highest BCUT2D eigenvalue weighted by Crippen LogP contribution is 2.27. The number of aryl methyl sites for hydroxylation is 1. The fourth-order valence-electron chi connectivity index (χ4n) is 4.44. The van der Waals surface area contributed by atoms with Crippen molar-refractivity contribution < 1.29 is 14.0 Å². The Labute approximate surface area is 205 Å². The van der Waals surface area contributed by atoms with Crippen LogP contribution in [0, 0.1) is 25.2 Å². The third-order valence-corrected chi connectivity index (χ3v) is 6.73. The van der Waals surface area contributed by atoms with Gasteiger partial charge in [-0.05, 0) is 55.7 Å². The number of furan rings is 1. The van der Waals surface area contributed by atoms with Crippen LogP contribution in [0.15, 0.2) is 47.1 Å². The quantitative estimate of drug-likeness (QED) is 0.566. The molecule has 0 saturated carbocycles. The fraction of sp³-hybridized carbons (Fsp3) is 0.370. The molecule has 182 valence electrons. The molecule has 4 rings (SSSR count). The Morgan fingerprint density at radius 1 is 1.09 bits per heavy atom. The molecule has 0 unspecified atom stereocenters. The summed E-state index contributed by atoms with van der Waals surface area (Å²) in [6, 6.07) is 13.7. The predicted molar refractivity (Wildman–Crippen MR) is 133 cm³/mol. The van der Waals surface area contributed by atoms with E-state index in [1.807, 2.05) is 64.6 Å². The van der Waals surface area contributed by atoms with E-state index in [9.17, 15) is 14.9 Å². The van der Waals surface area contributed by atoms with Gasteiger partial charge in [-0.3, -0.25) is 14.5 Å². The van der Waals surface area contributed by atoms with Gasteiger partial charge in [0.05, 0.1) is 24.9 Å². The SMILES string of the molecule is CCc1ccc(C(=O)N2CCN(CC(=O)Nc3c(C#N)c(C)c(C)n3Cc3ccco3)CC2)cc1. The molecule has 0 aliphatic carbocycles. The van der Waals surface area contributed by atoms with Crippen molar-refractivity contribution in [2.45, 2.75) is 33.7 Å². The molecule has 0 radical (unpaired) electrons. The van der Waals surface area contributed by atoms with Crippen molar-refractivity contribution in [3.05, 3.63) is 76.4 Å². The summed E-state index contributed by atoms with van der Waals surface area (Å²) < 4.78 is 7.38. The first-order valence-corrected chi connectivity index (χ1v) is 11.9. The number of hydrogen-bond acceptors (Lipinski definition) is 5. The van der Waals surface area contributed by atoms with E-state index in [0.717, 1.165) is 23.4 Å². The minimum absolute atomic E-state index is 0.0251. The van der Waals surface area contributed by atoms with Crippen molar-refractivity contribution in [1.82, 2.24) is 14.4 Å². The highest BCUT2D eigenvalue weighted by Gasteiger charge is 2.25. The Hall–Kier alpha value is -3.83. The van der Waals surface area contributed by atoms with Gasteiger partial charge in [0.15, 0.2) is 0 Å². The van der Waals surface area contributed by atoms with Crippen LogP contribution in [0.1, 0.15) is 45.4 Å². The van der Waals surface area contributed by atoms with E-state index in [1.54, 1.807) is 6.26 Å². The molecule has 1 aliphatic rings. The van der Waals surface area contributed by atoms with E-state index in [4.69, 9.17) is 4.42 Å². The molecule has 3 heterocycles. The topological polar surface area (TPSA) is 94.5 Å². The van der Waals surface area contributed by atoms with Gasteiger partial charge in [-0.15, -0.1) is 0 Å². The minimum Gasteiger partial charge on any atom is -0.467 e.